The summed E-state index contributed by atoms with van der Waals surface area (Å²) in [5.74, 6) is 2.07. The fourth-order valence-electron chi connectivity index (χ4n) is 2.43. The highest BCUT2D eigenvalue weighted by molar-refractivity contribution is 8.00. The van der Waals surface area contributed by atoms with Gasteiger partial charge in [-0.25, -0.2) is 4.99 Å². The Kier molecular flexibility index (Phi) is 6.86. The number of hydrogen-bond donors (Lipinski definition) is 0. The zero-order chi connectivity index (χ0) is 15.1. The van der Waals surface area contributed by atoms with Gasteiger partial charge in [-0.05, 0) is 19.4 Å². The molecule has 1 saturated heterocycles. The molecule has 0 unspecified atom stereocenters. The van der Waals surface area contributed by atoms with Crippen LogP contribution in [0, 0.1) is 0 Å². The zero-order valence-electron chi connectivity index (χ0n) is 13.3. The number of nitrogens with zero attached hydrogens (tertiary/aromatic N) is 3. The third-order valence-corrected chi connectivity index (χ3v) is 4.80. The maximum absolute atomic E-state index is 5.96. The monoisotopic (exact) mass is 313 g/mol. The standard InChI is InChI=1S/C15H27N3O2S/c1-4-6-8-17(5-2)13-7-9-18(12-16-13)14-11-21-15(20-14)10-19-3/h7,9,14-15H,4-6,8,10-12H2,1-3H3/t14-,15+/m1/s1. The Morgan fingerprint density at radius 2 is 2.38 bits per heavy atom. The van der Waals surface area contributed by atoms with E-state index >= 15 is 0 Å². The van der Waals surface area contributed by atoms with Gasteiger partial charge in [0.1, 0.15) is 24.2 Å². The molecule has 2 atom stereocenters. The number of hydrogen-bond acceptors (Lipinski definition) is 6. The quantitative estimate of drug-likeness (QED) is 0.721. The summed E-state index contributed by atoms with van der Waals surface area (Å²) in [6.07, 6.45) is 6.78. The maximum atomic E-state index is 5.96. The molecule has 0 saturated carbocycles. The molecule has 0 aromatic carbocycles. The first-order valence-corrected chi connectivity index (χ1v) is 8.82. The molecule has 21 heavy (non-hydrogen) atoms. The third-order valence-electron chi connectivity index (χ3n) is 3.70. The summed E-state index contributed by atoms with van der Waals surface area (Å²) >= 11 is 1.81. The van der Waals surface area contributed by atoms with Gasteiger partial charge >= 0.3 is 0 Å². The van der Waals surface area contributed by atoms with Crippen molar-refractivity contribution in [2.75, 3.05) is 39.2 Å². The van der Waals surface area contributed by atoms with Crippen LogP contribution in [0.3, 0.4) is 0 Å². The van der Waals surface area contributed by atoms with E-state index in [1.807, 2.05) is 11.8 Å². The summed E-state index contributed by atoms with van der Waals surface area (Å²) < 4.78 is 11.1. The molecule has 6 heteroatoms. The maximum Gasteiger partial charge on any atom is 0.142 e. The molecule has 0 radical (unpaired) electrons. The Morgan fingerprint density at radius 1 is 1.52 bits per heavy atom. The SMILES string of the molecule is CCCCN(CC)C1=NCN([C@H]2CS[C@@H](COC)O2)C=C1. The summed E-state index contributed by atoms with van der Waals surface area (Å²) in [5, 5.41) is 0. The van der Waals surface area contributed by atoms with E-state index in [0.29, 0.717) is 13.3 Å². The van der Waals surface area contributed by atoms with E-state index in [1.165, 1.54) is 12.8 Å². The summed E-state index contributed by atoms with van der Waals surface area (Å²) in [6, 6.07) is 0. The molecule has 120 valence electrons. The van der Waals surface area contributed by atoms with Crippen LogP contribution in [0.2, 0.25) is 0 Å². The van der Waals surface area contributed by atoms with Gasteiger partial charge in [0.15, 0.2) is 0 Å². The average molecular weight is 313 g/mol. The molecule has 2 heterocycles. The minimum atomic E-state index is 0.113. The second-order valence-electron chi connectivity index (χ2n) is 5.23. The first-order chi connectivity index (χ1) is 10.3. The normalized spacial score (nSPS) is 25.3. The van der Waals surface area contributed by atoms with Crippen LogP contribution < -0.4 is 0 Å². The van der Waals surface area contributed by atoms with Crippen molar-refractivity contribution in [1.29, 1.82) is 0 Å². The number of unbranched alkanes of at least 4 members (excludes halogenated alkanes) is 1. The smallest absolute Gasteiger partial charge is 0.142 e. The first kappa shape index (κ1) is 16.6. The molecule has 0 spiro atoms. The van der Waals surface area contributed by atoms with Crippen molar-refractivity contribution >= 4 is 17.6 Å². The van der Waals surface area contributed by atoms with Gasteiger partial charge in [-0.3, -0.25) is 0 Å². The van der Waals surface area contributed by atoms with Crippen molar-refractivity contribution in [1.82, 2.24) is 9.80 Å². The van der Waals surface area contributed by atoms with Gasteiger partial charge in [0.05, 0.1) is 6.61 Å². The third kappa shape index (κ3) is 4.63. The largest absolute Gasteiger partial charge is 0.381 e. The van der Waals surface area contributed by atoms with Gasteiger partial charge in [-0.1, -0.05) is 13.3 Å². The number of methoxy groups -OCH3 is 1. The topological polar surface area (TPSA) is 37.3 Å². The number of rotatable bonds is 7. The van der Waals surface area contributed by atoms with Crippen LogP contribution in [0.4, 0.5) is 0 Å². The number of thioether (sulfide) groups is 1. The minimum Gasteiger partial charge on any atom is -0.381 e. The van der Waals surface area contributed by atoms with Crippen LogP contribution in [-0.2, 0) is 9.47 Å². The van der Waals surface area contributed by atoms with Crippen molar-refractivity contribution in [2.24, 2.45) is 4.99 Å². The Morgan fingerprint density at radius 3 is 3.00 bits per heavy atom. The molecule has 5 nitrogen and oxygen atoms in total. The highest BCUT2D eigenvalue weighted by Crippen LogP contribution is 2.28. The number of aliphatic imine (C=N–C) groups is 1. The van der Waals surface area contributed by atoms with Crippen LogP contribution in [-0.4, -0.2) is 66.5 Å². The van der Waals surface area contributed by atoms with Crippen LogP contribution in [0.25, 0.3) is 0 Å². The molecular weight excluding hydrogens is 286 g/mol. The fourth-order valence-corrected chi connectivity index (χ4v) is 3.52. The van der Waals surface area contributed by atoms with Crippen LogP contribution in [0.1, 0.15) is 26.7 Å². The lowest BCUT2D eigenvalue weighted by atomic mass is 10.3. The van der Waals surface area contributed by atoms with Crippen molar-refractivity contribution in [3.8, 4) is 0 Å². The van der Waals surface area contributed by atoms with Crippen molar-refractivity contribution in [3.63, 3.8) is 0 Å². The molecule has 0 amide bonds. The van der Waals surface area contributed by atoms with E-state index in [2.05, 4.69) is 35.9 Å². The van der Waals surface area contributed by atoms with Crippen LogP contribution in [0.15, 0.2) is 17.3 Å². The zero-order valence-corrected chi connectivity index (χ0v) is 14.1. The lowest BCUT2D eigenvalue weighted by Crippen LogP contribution is -2.39. The van der Waals surface area contributed by atoms with Crippen LogP contribution in [0.5, 0.6) is 0 Å². The molecule has 0 aromatic heterocycles. The van der Waals surface area contributed by atoms with Gasteiger partial charge in [0.25, 0.3) is 0 Å². The molecule has 0 bridgehead atoms. The first-order valence-electron chi connectivity index (χ1n) is 7.77. The molecule has 0 aliphatic carbocycles. The van der Waals surface area contributed by atoms with Gasteiger partial charge in [0.2, 0.25) is 0 Å². The van der Waals surface area contributed by atoms with Crippen molar-refractivity contribution in [3.05, 3.63) is 12.3 Å². The Hall–Kier alpha value is -0.720. The molecule has 2 aliphatic heterocycles. The Balaban J connectivity index is 1.83. The Bertz CT molecular complexity index is 376. The molecule has 0 aromatic rings. The van der Waals surface area contributed by atoms with E-state index in [-0.39, 0.29) is 11.7 Å². The van der Waals surface area contributed by atoms with Crippen molar-refractivity contribution in [2.45, 2.75) is 38.4 Å². The predicted molar refractivity (Wildman–Crippen MR) is 88.4 cm³/mol. The second kappa shape index (κ2) is 8.66. The molecule has 0 N–H and O–H groups in total. The van der Waals surface area contributed by atoms with Crippen LogP contribution >= 0.6 is 11.8 Å². The second-order valence-corrected chi connectivity index (χ2v) is 6.42. The molecule has 1 fully saturated rings. The van der Waals surface area contributed by atoms with E-state index in [4.69, 9.17) is 14.5 Å². The summed E-state index contributed by atoms with van der Waals surface area (Å²) in [5.41, 5.74) is 0.149. The molecular formula is C15H27N3O2S. The van der Waals surface area contributed by atoms with Gasteiger partial charge in [-0.2, -0.15) is 0 Å². The minimum absolute atomic E-state index is 0.113. The number of amidine groups is 1. The van der Waals surface area contributed by atoms with E-state index in [0.717, 1.165) is 24.7 Å². The summed E-state index contributed by atoms with van der Waals surface area (Å²) in [7, 11) is 1.71. The molecule has 2 aliphatic rings. The highest BCUT2D eigenvalue weighted by atomic mass is 32.2. The lowest BCUT2D eigenvalue weighted by Gasteiger charge is -2.31. The van der Waals surface area contributed by atoms with E-state index in [1.54, 1.807) is 7.11 Å². The Labute approximate surface area is 132 Å². The average Bonchev–Trinajstić information content (AvgIpc) is 2.98. The number of ether oxygens (including phenoxy) is 2. The van der Waals surface area contributed by atoms with Gasteiger partial charge in [0, 0.05) is 32.2 Å². The highest BCUT2D eigenvalue weighted by Gasteiger charge is 2.30. The predicted octanol–water partition coefficient (Wildman–Crippen LogP) is 2.36. The summed E-state index contributed by atoms with van der Waals surface area (Å²) in [4.78, 5) is 9.22. The van der Waals surface area contributed by atoms with Crippen molar-refractivity contribution < 1.29 is 9.47 Å². The molecule has 2 rings (SSSR count). The van der Waals surface area contributed by atoms with E-state index < -0.39 is 0 Å². The fraction of sp³-hybridized carbons (Fsp3) is 0.800. The van der Waals surface area contributed by atoms with E-state index in [9.17, 15) is 0 Å². The van der Waals surface area contributed by atoms with Gasteiger partial charge < -0.3 is 19.3 Å². The van der Waals surface area contributed by atoms with Gasteiger partial charge in [-0.15, -0.1) is 11.8 Å². The lowest BCUT2D eigenvalue weighted by molar-refractivity contribution is -0.0414. The summed E-state index contributed by atoms with van der Waals surface area (Å²) in [6.45, 7) is 7.83. The number of likely N-dealkylation sites (N-methyl/N-ethyl adjacent to an activating group) is 1.